The average Bonchev–Trinajstić information content (AvgIpc) is 2.64. The molecule has 0 radical (unpaired) electrons. The maximum absolute atomic E-state index is 13.0. The Hall–Kier alpha value is -2.82. The normalized spacial score (nSPS) is 11.8. The third-order valence-electron chi connectivity index (χ3n) is 4.69. The zero-order valence-corrected chi connectivity index (χ0v) is 14.7. The molecular formula is C20H10Cl2N2O2. The van der Waals surface area contributed by atoms with Crippen LogP contribution in [0.4, 0.5) is 0 Å². The Bertz CT molecular complexity index is 1500. The average molecular weight is 381 g/mol. The van der Waals surface area contributed by atoms with Gasteiger partial charge in [-0.3, -0.25) is 9.59 Å². The molecule has 0 bridgehead atoms. The Morgan fingerprint density at radius 2 is 1.42 bits per heavy atom. The first-order chi connectivity index (χ1) is 12.6. The van der Waals surface area contributed by atoms with E-state index >= 15 is 0 Å². The molecule has 3 aromatic carbocycles. The van der Waals surface area contributed by atoms with E-state index in [2.05, 4.69) is 9.97 Å². The molecule has 26 heavy (non-hydrogen) atoms. The molecular weight excluding hydrogens is 371 g/mol. The van der Waals surface area contributed by atoms with Gasteiger partial charge in [0.25, 0.3) is 0 Å². The highest BCUT2D eigenvalue weighted by Gasteiger charge is 2.16. The highest BCUT2D eigenvalue weighted by molar-refractivity contribution is 6.41. The van der Waals surface area contributed by atoms with Gasteiger partial charge in [-0.1, -0.05) is 41.4 Å². The third-order valence-corrected chi connectivity index (χ3v) is 5.38. The molecule has 0 spiro atoms. The summed E-state index contributed by atoms with van der Waals surface area (Å²) in [4.78, 5) is 32.2. The lowest BCUT2D eigenvalue weighted by Crippen LogP contribution is -2.09. The number of pyridine rings is 2. The summed E-state index contributed by atoms with van der Waals surface area (Å²) in [6.07, 6.45) is 0. The van der Waals surface area contributed by atoms with Gasteiger partial charge in [0.2, 0.25) is 0 Å². The molecule has 0 saturated carbocycles. The van der Waals surface area contributed by atoms with Crippen molar-refractivity contribution in [2.45, 2.75) is 0 Å². The molecule has 2 N–H and O–H groups in total. The fourth-order valence-corrected chi connectivity index (χ4v) is 4.01. The first-order valence-corrected chi connectivity index (χ1v) is 8.69. The van der Waals surface area contributed by atoms with Crippen LogP contribution in [0.3, 0.4) is 0 Å². The van der Waals surface area contributed by atoms with Gasteiger partial charge < -0.3 is 9.97 Å². The first-order valence-electron chi connectivity index (χ1n) is 7.93. The standard InChI is InChI=1S/C20H10Cl2N2O2/c21-12-6-3-5-10-17(12)24-14-8-11-18(16(22)15(14)20(10)26)23-13-7-2-1-4-9(13)19(11)25/h1-8H,(H,23,25)(H,24,26). The molecule has 2 aromatic heterocycles. The van der Waals surface area contributed by atoms with Crippen LogP contribution in [0, 0.1) is 0 Å². The van der Waals surface area contributed by atoms with E-state index in [1.54, 1.807) is 42.5 Å². The minimum Gasteiger partial charge on any atom is -0.353 e. The SMILES string of the molecule is O=c1c2ccccc2[nH]c2c(Cl)c3c(=O)c4cccc(Cl)c4[nH]c3cc12. The van der Waals surface area contributed by atoms with Crippen molar-refractivity contribution >= 4 is 66.8 Å². The predicted octanol–water partition coefficient (Wildman–Crippen LogP) is 4.98. The second-order valence-electron chi connectivity index (χ2n) is 6.15. The molecule has 5 aromatic rings. The number of rotatable bonds is 0. The Morgan fingerprint density at radius 1 is 0.692 bits per heavy atom. The Morgan fingerprint density at radius 3 is 2.27 bits per heavy atom. The molecule has 0 unspecified atom stereocenters. The van der Waals surface area contributed by atoms with E-state index in [1.807, 2.05) is 6.07 Å². The van der Waals surface area contributed by atoms with Crippen molar-refractivity contribution in [2.75, 3.05) is 0 Å². The van der Waals surface area contributed by atoms with Gasteiger partial charge in [0.15, 0.2) is 10.9 Å². The van der Waals surface area contributed by atoms with E-state index in [0.717, 1.165) is 0 Å². The molecule has 4 nitrogen and oxygen atoms in total. The number of H-pyrrole nitrogens is 2. The molecule has 5 rings (SSSR count). The van der Waals surface area contributed by atoms with Crippen molar-refractivity contribution < 1.29 is 0 Å². The Labute approximate surface area is 156 Å². The number of aromatic nitrogens is 2. The summed E-state index contributed by atoms with van der Waals surface area (Å²) >= 11 is 12.8. The summed E-state index contributed by atoms with van der Waals surface area (Å²) in [6.45, 7) is 0. The van der Waals surface area contributed by atoms with Crippen molar-refractivity contribution in [3.05, 3.63) is 79.0 Å². The minimum atomic E-state index is -0.225. The first kappa shape index (κ1) is 15.4. The lowest BCUT2D eigenvalue weighted by atomic mass is 10.1. The van der Waals surface area contributed by atoms with E-state index in [0.29, 0.717) is 48.6 Å². The molecule has 126 valence electrons. The maximum atomic E-state index is 13.0. The number of para-hydroxylation sites is 2. The molecule has 0 aliphatic carbocycles. The van der Waals surface area contributed by atoms with Gasteiger partial charge in [-0.15, -0.1) is 0 Å². The Balaban J connectivity index is 2.10. The fourth-order valence-electron chi connectivity index (χ4n) is 3.45. The number of benzene rings is 3. The number of aromatic amines is 2. The van der Waals surface area contributed by atoms with Crippen molar-refractivity contribution in [3.8, 4) is 0 Å². The molecule has 0 amide bonds. The molecule has 0 atom stereocenters. The maximum Gasteiger partial charge on any atom is 0.198 e. The number of fused-ring (bicyclic) bond motifs is 4. The largest absolute Gasteiger partial charge is 0.353 e. The van der Waals surface area contributed by atoms with E-state index in [9.17, 15) is 9.59 Å². The summed E-state index contributed by atoms with van der Waals surface area (Å²) < 4.78 is 0. The van der Waals surface area contributed by atoms with Gasteiger partial charge in [-0.05, 0) is 30.3 Å². The van der Waals surface area contributed by atoms with Crippen LogP contribution in [0.15, 0.2) is 58.1 Å². The molecule has 6 heteroatoms. The topological polar surface area (TPSA) is 65.7 Å². The zero-order valence-electron chi connectivity index (χ0n) is 13.2. The van der Waals surface area contributed by atoms with Crippen LogP contribution in [0.5, 0.6) is 0 Å². The lowest BCUT2D eigenvalue weighted by Gasteiger charge is -2.09. The quantitative estimate of drug-likeness (QED) is 0.372. The van der Waals surface area contributed by atoms with Gasteiger partial charge in [0, 0.05) is 21.7 Å². The Kier molecular flexibility index (Phi) is 3.17. The molecule has 0 fully saturated rings. The number of nitrogens with one attached hydrogen (secondary N) is 2. The molecule has 0 aliphatic heterocycles. The second-order valence-corrected chi connectivity index (χ2v) is 6.94. The molecule has 0 saturated heterocycles. The van der Waals surface area contributed by atoms with Crippen LogP contribution in [-0.2, 0) is 0 Å². The smallest absolute Gasteiger partial charge is 0.198 e. The highest BCUT2D eigenvalue weighted by atomic mass is 35.5. The monoisotopic (exact) mass is 380 g/mol. The second kappa shape index (κ2) is 5.34. The van der Waals surface area contributed by atoms with Gasteiger partial charge >= 0.3 is 0 Å². The van der Waals surface area contributed by atoms with Crippen molar-refractivity contribution in [2.24, 2.45) is 0 Å². The summed E-state index contributed by atoms with van der Waals surface area (Å²) in [7, 11) is 0. The van der Waals surface area contributed by atoms with Crippen molar-refractivity contribution in [1.29, 1.82) is 0 Å². The third kappa shape index (κ3) is 1.97. The van der Waals surface area contributed by atoms with Crippen LogP contribution < -0.4 is 10.9 Å². The molecule has 0 aliphatic rings. The van der Waals surface area contributed by atoms with Gasteiger partial charge in [-0.25, -0.2) is 0 Å². The minimum absolute atomic E-state index is 0.141. The van der Waals surface area contributed by atoms with Gasteiger partial charge in [-0.2, -0.15) is 0 Å². The number of hydrogen-bond acceptors (Lipinski definition) is 2. The van der Waals surface area contributed by atoms with Gasteiger partial charge in [0.1, 0.15) is 0 Å². The lowest BCUT2D eigenvalue weighted by molar-refractivity contribution is 1.46. The van der Waals surface area contributed by atoms with Crippen LogP contribution in [0.2, 0.25) is 10.0 Å². The summed E-state index contributed by atoms with van der Waals surface area (Å²) in [5.41, 5.74) is 1.77. The van der Waals surface area contributed by atoms with Crippen molar-refractivity contribution in [1.82, 2.24) is 9.97 Å². The van der Waals surface area contributed by atoms with Crippen LogP contribution in [0.1, 0.15) is 0 Å². The van der Waals surface area contributed by atoms with Crippen molar-refractivity contribution in [3.63, 3.8) is 0 Å². The van der Waals surface area contributed by atoms with Gasteiger partial charge in [0.05, 0.1) is 32.0 Å². The van der Waals surface area contributed by atoms with Crippen LogP contribution in [-0.4, -0.2) is 9.97 Å². The highest BCUT2D eigenvalue weighted by Crippen LogP contribution is 2.31. The van der Waals surface area contributed by atoms with Crippen LogP contribution in [0.25, 0.3) is 43.6 Å². The van der Waals surface area contributed by atoms with E-state index < -0.39 is 0 Å². The van der Waals surface area contributed by atoms with E-state index in [1.165, 1.54) is 0 Å². The molecule has 2 heterocycles. The number of hydrogen-bond donors (Lipinski definition) is 2. The van der Waals surface area contributed by atoms with Crippen LogP contribution >= 0.6 is 23.2 Å². The summed E-state index contributed by atoms with van der Waals surface area (Å²) in [6, 6.07) is 14.0. The van der Waals surface area contributed by atoms with E-state index in [4.69, 9.17) is 23.2 Å². The summed E-state index contributed by atoms with van der Waals surface area (Å²) in [5.74, 6) is 0. The summed E-state index contributed by atoms with van der Waals surface area (Å²) in [5, 5.41) is 2.43. The zero-order chi connectivity index (χ0) is 18.0. The predicted molar refractivity (Wildman–Crippen MR) is 108 cm³/mol. The van der Waals surface area contributed by atoms with E-state index in [-0.39, 0.29) is 15.9 Å². The number of halogens is 2. The fraction of sp³-hybridized carbons (Fsp3) is 0.